The van der Waals surface area contributed by atoms with Crippen LogP contribution in [0.3, 0.4) is 0 Å². The Balaban J connectivity index is 1.65. The highest BCUT2D eigenvalue weighted by Gasteiger charge is 2.44. The van der Waals surface area contributed by atoms with Crippen LogP contribution < -0.4 is 0 Å². The lowest BCUT2D eigenvalue weighted by molar-refractivity contribution is -0.0212. The Kier molecular flexibility index (Phi) is 4.07. The van der Waals surface area contributed by atoms with Crippen LogP contribution in [-0.4, -0.2) is 46.0 Å². The first kappa shape index (κ1) is 13.7. The summed E-state index contributed by atoms with van der Waals surface area (Å²) in [6.07, 6.45) is -2.89. The number of hydrogen-bond donors (Lipinski definition) is 2. The maximum Gasteiger partial charge on any atom is 0.159 e. The van der Waals surface area contributed by atoms with Crippen LogP contribution in [0.1, 0.15) is 0 Å². The molecule has 2 aliphatic heterocycles. The quantitative estimate of drug-likeness (QED) is 0.879. The molecule has 4 nitrogen and oxygen atoms in total. The minimum absolute atomic E-state index is 0.149. The topological polar surface area (TPSA) is 58.9 Å². The fourth-order valence-corrected chi connectivity index (χ4v) is 4.70. The molecule has 4 atom stereocenters. The van der Waals surface area contributed by atoms with E-state index in [1.807, 2.05) is 24.3 Å². The Labute approximate surface area is 120 Å². The van der Waals surface area contributed by atoms with E-state index in [1.54, 1.807) is 23.5 Å². The molecule has 1 aromatic carbocycles. The maximum atomic E-state index is 9.99. The smallest absolute Gasteiger partial charge is 0.159 e. The van der Waals surface area contributed by atoms with Crippen molar-refractivity contribution >= 4 is 23.5 Å². The second-order valence-corrected chi connectivity index (χ2v) is 6.89. The van der Waals surface area contributed by atoms with Gasteiger partial charge in [0.05, 0.1) is 12.7 Å². The van der Waals surface area contributed by atoms with Gasteiger partial charge in [0.2, 0.25) is 0 Å². The molecule has 2 N–H and O–H groups in total. The summed E-state index contributed by atoms with van der Waals surface area (Å²) in [5.74, 6) is 0. The van der Waals surface area contributed by atoms with E-state index in [9.17, 15) is 5.11 Å². The van der Waals surface area contributed by atoms with Crippen LogP contribution in [0.15, 0.2) is 34.1 Å². The molecule has 0 saturated carbocycles. The number of ether oxygens (including phenoxy) is 2. The van der Waals surface area contributed by atoms with E-state index in [4.69, 9.17) is 21.5 Å². The van der Waals surface area contributed by atoms with Crippen molar-refractivity contribution in [1.29, 1.82) is 0 Å². The van der Waals surface area contributed by atoms with Crippen molar-refractivity contribution in [3.05, 3.63) is 31.2 Å². The van der Waals surface area contributed by atoms with Crippen molar-refractivity contribution in [3.63, 3.8) is 0 Å². The van der Waals surface area contributed by atoms with Gasteiger partial charge in [-0.25, -0.2) is 0 Å². The molecule has 2 heterocycles. The number of hydrogen-bond acceptors (Lipinski definition) is 6. The minimum Gasteiger partial charge on any atom is -0.394 e. The third kappa shape index (κ3) is 2.66. The molecule has 19 heavy (non-hydrogen) atoms. The Bertz CT molecular complexity index is 431. The molecule has 0 amide bonds. The molecule has 0 bridgehead atoms. The van der Waals surface area contributed by atoms with Crippen LogP contribution >= 0.6 is 23.5 Å². The van der Waals surface area contributed by atoms with Crippen molar-refractivity contribution in [2.75, 3.05) is 6.61 Å². The van der Waals surface area contributed by atoms with Crippen LogP contribution in [0.2, 0.25) is 0 Å². The number of fused-ring (bicyclic) bond motifs is 1. The highest BCUT2D eigenvalue weighted by atomic mass is 32.2. The molecule has 1 aromatic rings. The van der Waals surface area contributed by atoms with Crippen molar-refractivity contribution in [2.24, 2.45) is 0 Å². The first-order chi connectivity index (χ1) is 9.19. The largest absolute Gasteiger partial charge is 0.394 e. The van der Waals surface area contributed by atoms with Gasteiger partial charge < -0.3 is 19.7 Å². The molecule has 0 aromatic heterocycles. The van der Waals surface area contributed by atoms with Crippen molar-refractivity contribution in [2.45, 2.75) is 39.0 Å². The van der Waals surface area contributed by atoms with Gasteiger partial charge in [-0.1, -0.05) is 35.7 Å². The fourth-order valence-electron chi connectivity index (χ4n) is 2.13. The molecule has 1 unspecified atom stereocenters. The van der Waals surface area contributed by atoms with Gasteiger partial charge in [-0.15, -0.1) is 0 Å². The Morgan fingerprint density at radius 3 is 2.42 bits per heavy atom. The molecule has 102 valence electrons. The summed E-state index contributed by atoms with van der Waals surface area (Å²) in [6.45, 7) is 5.52. The maximum absolute atomic E-state index is 9.99. The molecule has 2 aliphatic rings. The van der Waals surface area contributed by atoms with Crippen LogP contribution in [-0.2, 0) is 9.47 Å². The molecule has 0 spiro atoms. The van der Waals surface area contributed by atoms with E-state index < -0.39 is 24.4 Å². The SMILES string of the molecule is [CH][C@@H]1O[C@H](CO)[C@H](O)C1OC1Sc2ccccc2S1. The van der Waals surface area contributed by atoms with E-state index in [0.29, 0.717) is 0 Å². The van der Waals surface area contributed by atoms with Gasteiger partial charge in [0.1, 0.15) is 18.3 Å². The lowest BCUT2D eigenvalue weighted by Crippen LogP contribution is -2.37. The Morgan fingerprint density at radius 1 is 1.26 bits per heavy atom. The summed E-state index contributed by atoms with van der Waals surface area (Å²) < 4.78 is 10.9. The van der Waals surface area contributed by atoms with Gasteiger partial charge in [-0.3, -0.25) is 0 Å². The first-order valence-electron chi connectivity index (χ1n) is 5.97. The van der Waals surface area contributed by atoms with Crippen LogP contribution in [0.4, 0.5) is 0 Å². The average molecular weight is 298 g/mol. The number of aliphatic hydroxyl groups excluding tert-OH is 2. The molecule has 1 fully saturated rings. The highest BCUT2D eigenvalue weighted by Crippen LogP contribution is 2.49. The van der Waals surface area contributed by atoms with E-state index >= 15 is 0 Å². The Morgan fingerprint density at radius 2 is 1.89 bits per heavy atom. The molecular formula is C13H14O4S2. The lowest BCUT2D eigenvalue weighted by atomic mass is 10.1. The summed E-state index contributed by atoms with van der Waals surface area (Å²) in [5.41, 5.74) is 0. The van der Waals surface area contributed by atoms with Gasteiger partial charge in [0.25, 0.3) is 0 Å². The summed E-state index contributed by atoms with van der Waals surface area (Å²) in [6, 6.07) is 8.04. The molecule has 0 aliphatic carbocycles. The number of benzene rings is 1. The fraction of sp³-hybridized carbons (Fsp3) is 0.462. The summed E-state index contributed by atoms with van der Waals surface area (Å²) >= 11 is 3.18. The molecule has 2 radical (unpaired) electrons. The van der Waals surface area contributed by atoms with Gasteiger partial charge in [-0.2, -0.15) is 0 Å². The van der Waals surface area contributed by atoms with Crippen molar-refractivity contribution in [1.82, 2.24) is 0 Å². The third-order valence-corrected chi connectivity index (χ3v) is 5.65. The van der Waals surface area contributed by atoms with Gasteiger partial charge in [-0.05, 0) is 19.1 Å². The normalized spacial score (nSPS) is 34.7. The van der Waals surface area contributed by atoms with E-state index in [0.717, 1.165) is 9.79 Å². The molecule has 6 heteroatoms. The lowest BCUT2D eigenvalue weighted by Gasteiger charge is -2.21. The minimum atomic E-state index is -0.898. The summed E-state index contributed by atoms with van der Waals surface area (Å²) in [7, 11) is 0. The third-order valence-electron chi connectivity index (χ3n) is 3.12. The zero-order valence-corrected chi connectivity index (χ0v) is 11.6. The van der Waals surface area contributed by atoms with Gasteiger partial charge in [0.15, 0.2) is 4.77 Å². The molecular weight excluding hydrogens is 284 g/mol. The molecule has 1 saturated heterocycles. The van der Waals surface area contributed by atoms with Crippen molar-refractivity contribution in [3.8, 4) is 0 Å². The van der Waals surface area contributed by atoms with Crippen LogP contribution in [0.5, 0.6) is 0 Å². The summed E-state index contributed by atoms with van der Waals surface area (Å²) in [5, 5.41) is 19.1. The number of rotatable bonds is 3. The second-order valence-electron chi connectivity index (χ2n) is 4.38. The summed E-state index contributed by atoms with van der Waals surface area (Å²) in [4.78, 5) is 2.33. The van der Waals surface area contributed by atoms with E-state index in [-0.39, 0.29) is 11.4 Å². The zero-order valence-electron chi connectivity index (χ0n) is 10.0. The van der Waals surface area contributed by atoms with Crippen LogP contribution in [0.25, 0.3) is 0 Å². The average Bonchev–Trinajstić information content (AvgIpc) is 2.94. The number of thioether (sulfide) groups is 2. The zero-order chi connectivity index (χ0) is 13.4. The molecule has 3 rings (SSSR count). The van der Waals surface area contributed by atoms with E-state index in [2.05, 4.69) is 0 Å². The predicted octanol–water partition coefficient (Wildman–Crippen LogP) is 1.38. The predicted molar refractivity (Wildman–Crippen MR) is 72.9 cm³/mol. The monoisotopic (exact) mass is 298 g/mol. The standard InChI is InChI=1S/C13H14O4S2/c1-7-12(11(15)8(6-14)16-7)17-13-18-9-4-2-3-5-10(9)19-13/h1-5,7-8,11-15H,6H2/t7-,8+,11-,12?/m0/s1. The second kappa shape index (κ2) is 5.63. The van der Waals surface area contributed by atoms with Gasteiger partial charge in [0, 0.05) is 9.79 Å². The first-order valence-corrected chi connectivity index (χ1v) is 7.73. The number of aliphatic hydroxyl groups is 2. The van der Waals surface area contributed by atoms with Gasteiger partial charge >= 0.3 is 0 Å². The van der Waals surface area contributed by atoms with Crippen LogP contribution in [0, 0.1) is 6.92 Å². The van der Waals surface area contributed by atoms with E-state index in [1.165, 1.54) is 0 Å². The Hall–Kier alpha value is -0.240. The van der Waals surface area contributed by atoms with Crippen molar-refractivity contribution < 1.29 is 19.7 Å². The highest BCUT2D eigenvalue weighted by molar-refractivity contribution is 8.19.